The lowest BCUT2D eigenvalue weighted by atomic mass is 10.0. The number of ether oxygens (including phenoxy) is 1. The molecule has 112 valence electrons. The molecule has 0 spiro atoms. The molecule has 0 bridgehead atoms. The van der Waals surface area contributed by atoms with E-state index in [0.29, 0.717) is 18.7 Å². The van der Waals surface area contributed by atoms with Gasteiger partial charge in [-0.25, -0.2) is 9.18 Å². The second kappa shape index (κ2) is 7.09. The van der Waals surface area contributed by atoms with E-state index in [0.717, 1.165) is 0 Å². The van der Waals surface area contributed by atoms with Gasteiger partial charge in [-0.15, -0.1) is 0 Å². The van der Waals surface area contributed by atoms with Gasteiger partial charge in [-0.2, -0.15) is 0 Å². The van der Waals surface area contributed by atoms with Gasteiger partial charge in [0.15, 0.2) is 11.6 Å². The zero-order chi connectivity index (χ0) is 15.2. The van der Waals surface area contributed by atoms with Crippen molar-refractivity contribution in [3.63, 3.8) is 0 Å². The van der Waals surface area contributed by atoms with Gasteiger partial charge >= 0.3 is 6.03 Å². The molecule has 1 unspecified atom stereocenters. The average Bonchev–Trinajstić information content (AvgIpc) is 2.41. The van der Waals surface area contributed by atoms with Crippen LogP contribution in [0.25, 0.3) is 0 Å². The standard InChI is InChI=1S/C14H21FN2O3/c1-4-14(3,9-18)17-13(19)16-10-6-7-12(20-5-2)11(15)8-10/h6-8,18H,4-5,9H2,1-3H3,(H2,16,17,19). The monoisotopic (exact) mass is 284 g/mol. The summed E-state index contributed by atoms with van der Waals surface area (Å²) in [6.07, 6.45) is 0.578. The maximum Gasteiger partial charge on any atom is 0.319 e. The van der Waals surface area contributed by atoms with Crippen molar-refractivity contribution in [2.75, 3.05) is 18.5 Å². The summed E-state index contributed by atoms with van der Waals surface area (Å²) >= 11 is 0. The predicted octanol–water partition coefficient (Wildman–Crippen LogP) is 2.51. The van der Waals surface area contributed by atoms with Crippen molar-refractivity contribution < 1.29 is 19.0 Å². The minimum absolute atomic E-state index is 0.146. The maximum absolute atomic E-state index is 13.6. The van der Waals surface area contributed by atoms with Crippen LogP contribution in [0.1, 0.15) is 27.2 Å². The number of benzene rings is 1. The molecule has 1 aromatic carbocycles. The lowest BCUT2D eigenvalue weighted by Crippen LogP contribution is -2.50. The van der Waals surface area contributed by atoms with Gasteiger partial charge in [0.2, 0.25) is 0 Å². The Morgan fingerprint density at radius 2 is 2.15 bits per heavy atom. The summed E-state index contributed by atoms with van der Waals surface area (Å²) in [7, 11) is 0. The van der Waals surface area contributed by atoms with Gasteiger partial charge in [0, 0.05) is 11.8 Å². The van der Waals surface area contributed by atoms with E-state index in [1.54, 1.807) is 19.9 Å². The molecule has 1 aromatic rings. The molecule has 0 aromatic heterocycles. The van der Waals surface area contributed by atoms with E-state index in [9.17, 15) is 14.3 Å². The Bertz CT molecular complexity index is 462. The van der Waals surface area contributed by atoms with Crippen molar-refractivity contribution in [2.24, 2.45) is 0 Å². The lowest BCUT2D eigenvalue weighted by Gasteiger charge is -2.27. The average molecular weight is 284 g/mol. The van der Waals surface area contributed by atoms with Crippen molar-refractivity contribution in [2.45, 2.75) is 32.7 Å². The molecule has 0 radical (unpaired) electrons. The highest BCUT2D eigenvalue weighted by Crippen LogP contribution is 2.21. The normalized spacial score (nSPS) is 13.4. The SMILES string of the molecule is CCOc1ccc(NC(=O)NC(C)(CC)CO)cc1F. The summed E-state index contributed by atoms with van der Waals surface area (Å²) < 4.78 is 18.7. The van der Waals surface area contributed by atoms with Crippen LogP contribution in [-0.4, -0.2) is 29.9 Å². The van der Waals surface area contributed by atoms with Crippen molar-refractivity contribution >= 4 is 11.7 Å². The Balaban J connectivity index is 2.69. The number of rotatable bonds is 6. The topological polar surface area (TPSA) is 70.6 Å². The van der Waals surface area contributed by atoms with E-state index in [-0.39, 0.29) is 12.4 Å². The number of halogens is 1. The first-order valence-corrected chi connectivity index (χ1v) is 6.56. The molecule has 1 rings (SSSR count). The molecule has 3 N–H and O–H groups in total. The van der Waals surface area contributed by atoms with Gasteiger partial charge in [0.25, 0.3) is 0 Å². The molecular formula is C14H21FN2O3. The number of amides is 2. The molecule has 0 aliphatic heterocycles. The first-order valence-electron chi connectivity index (χ1n) is 6.56. The Kier molecular flexibility index (Phi) is 5.76. The second-order valence-corrected chi connectivity index (χ2v) is 4.73. The van der Waals surface area contributed by atoms with Crippen molar-refractivity contribution in [3.8, 4) is 5.75 Å². The highest BCUT2D eigenvalue weighted by atomic mass is 19.1. The summed E-state index contributed by atoms with van der Waals surface area (Å²) in [5.74, 6) is -0.391. The Hall–Kier alpha value is -1.82. The van der Waals surface area contributed by atoms with Gasteiger partial charge in [-0.05, 0) is 32.4 Å². The number of urea groups is 1. The quantitative estimate of drug-likeness (QED) is 0.751. The lowest BCUT2D eigenvalue weighted by molar-refractivity contribution is 0.172. The van der Waals surface area contributed by atoms with E-state index < -0.39 is 17.4 Å². The first kappa shape index (κ1) is 16.2. The summed E-state index contributed by atoms with van der Waals surface area (Å²) in [5, 5.41) is 14.4. The zero-order valence-corrected chi connectivity index (χ0v) is 12.0. The molecule has 0 saturated carbocycles. The smallest absolute Gasteiger partial charge is 0.319 e. The maximum atomic E-state index is 13.6. The van der Waals surface area contributed by atoms with E-state index in [1.165, 1.54) is 12.1 Å². The van der Waals surface area contributed by atoms with E-state index >= 15 is 0 Å². The second-order valence-electron chi connectivity index (χ2n) is 4.73. The number of carbonyl (C=O) groups excluding carboxylic acids is 1. The predicted molar refractivity (Wildman–Crippen MR) is 75.5 cm³/mol. The Morgan fingerprint density at radius 3 is 2.65 bits per heavy atom. The summed E-state index contributed by atoms with van der Waals surface area (Å²) in [6, 6.07) is 3.70. The van der Waals surface area contributed by atoms with Crippen molar-refractivity contribution in [3.05, 3.63) is 24.0 Å². The van der Waals surface area contributed by atoms with Crippen LogP contribution in [0, 0.1) is 5.82 Å². The van der Waals surface area contributed by atoms with Crippen LogP contribution < -0.4 is 15.4 Å². The number of aliphatic hydroxyl groups is 1. The van der Waals surface area contributed by atoms with Crippen molar-refractivity contribution in [1.29, 1.82) is 0 Å². The molecule has 0 heterocycles. The third kappa shape index (κ3) is 4.38. The highest BCUT2D eigenvalue weighted by Gasteiger charge is 2.23. The summed E-state index contributed by atoms with van der Waals surface area (Å²) in [4.78, 5) is 11.8. The molecule has 5 nitrogen and oxygen atoms in total. The van der Waals surface area contributed by atoms with Gasteiger partial charge in [0.1, 0.15) is 0 Å². The van der Waals surface area contributed by atoms with Crippen LogP contribution in [0.5, 0.6) is 5.75 Å². The van der Waals surface area contributed by atoms with E-state index in [1.807, 2.05) is 6.92 Å². The minimum Gasteiger partial charge on any atom is -0.491 e. The minimum atomic E-state index is -0.701. The van der Waals surface area contributed by atoms with Crippen molar-refractivity contribution in [1.82, 2.24) is 5.32 Å². The molecule has 2 amide bonds. The van der Waals surface area contributed by atoms with Crippen LogP contribution in [-0.2, 0) is 0 Å². The summed E-state index contributed by atoms with van der Waals surface area (Å²) in [5.41, 5.74) is -0.381. The molecule has 1 atom stereocenters. The van der Waals surface area contributed by atoms with Crippen LogP contribution in [0.4, 0.5) is 14.9 Å². The zero-order valence-electron chi connectivity index (χ0n) is 12.0. The fraction of sp³-hybridized carbons (Fsp3) is 0.500. The van der Waals surface area contributed by atoms with Crippen LogP contribution in [0.3, 0.4) is 0 Å². The van der Waals surface area contributed by atoms with E-state index in [2.05, 4.69) is 10.6 Å². The molecule has 0 aliphatic rings. The molecular weight excluding hydrogens is 263 g/mol. The fourth-order valence-electron chi connectivity index (χ4n) is 1.53. The third-order valence-corrected chi connectivity index (χ3v) is 3.03. The van der Waals surface area contributed by atoms with Crippen LogP contribution in [0.15, 0.2) is 18.2 Å². The number of hydrogen-bond acceptors (Lipinski definition) is 3. The van der Waals surface area contributed by atoms with Crippen LogP contribution in [0.2, 0.25) is 0 Å². The number of hydrogen-bond donors (Lipinski definition) is 3. The van der Waals surface area contributed by atoms with Gasteiger partial charge in [-0.3, -0.25) is 0 Å². The third-order valence-electron chi connectivity index (χ3n) is 3.03. The number of nitrogens with one attached hydrogen (secondary N) is 2. The van der Waals surface area contributed by atoms with Gasteiger partial charge in [-0.1, -0.05) is 6.92 Å². The molecule has 0 aliphatic carbocycles. The highest BCUT2D eigenvalue weighted by molar-refractivity contribution is 5.89. The molecule has 20 heavy (non-hydrogen) atoms. The number of anilines is 1. The number of carbonyl (C=O) groups is 1. The van der Waals surface area contributed by atoms with Gasteiger partial charge in [0.05, 0.1) is 18.8 Å². The fourth-order valence-corrected chi connectivity index (χ4v) is 1.53. The van der Waals surface area contributed by atoms with E-state index in [4.69, 9.17) is 4.74 Å². The Morgan fingerprint density at radius 1 is 1.45 bits per heavy atom. The largest absolute Gasteiger partial charge is 0.491 e. The van der Waals surface area contributed by atoms with Crippen LogP contribution >= 0.6 is 0 Å². The van der Waals surface area contributed by atoms with Gasteiger partial charge < -0.3 is 20.5 Å². The Labute approximate surface area is 118 Å². The number of aliphatic hydroxyl groups excluding tert-OH is 1. The summed E-state index contributed by atoms with van der Waals surface area (Å²) in [6.45, 7) is 5.54. The first-order chi connectivity index (χ1) is 9.44. The molecule has 6 heteroatoms. The molecule has 0 saturated heterocycles. The molecule has 0 fully saturated rings.